The lowest BCUT2D eigenvalue weighted by Gasteiger charge is -2.11. The first-order chi connectivity index (χ1) is 17.7. The number of amides is 3. The first-order valence-electron chi connectivity index (χ1n) is 10.8. The van der Waals surface area contributed by atoms with Gasteiger partial charge in [0.05, 0.1) is 18.5 Å². The van der Waals surface area contributed by atoms with Crippen LogP contribution in [-0.2, 0) is 14.4 Å². The van der Waals surface area contributed by atoms with Gasteiger partial charge in [-0.25, -0.2) is 5.43 Å². The Balaban J connectivity index is 1.59. The lowest BCUT2D eigenvalue weighted by molar-refractivity contribution is -0.136. The molecule has 0 saturated heterocycles. The summed E-state index contributed by atoms with van der Waals surface area (Å²) in [7, 11) is 0. The summed E-state index contributed by atoms with van der Waals surface area (Å²) in [5.74, 6) is -1.60. The van der Waals surface area contributed by atoms with E-state index in [0.29, 0.717) is 49.6 Å². The van der Waals surface area contributed by atoms with Crippen molar-refractivity contribution >= 4 is 74.4 Å². The zero-order valence-electron chi connectivity index (χ0n) is 19.4. The van der Waals surface area contributed by atoms with Gasteiger partial charge >= 0.3 is 11.8 Å². The standard InChI is InChI=1S/C25H21BrCl2N4O5/c1-2-36-22-6-4-3-5-20(22)31-24(34)25(35)32-29-13-15-9-16(26)7-8-21(15)37-14-23(33)30-19-11-17(27)10-18(28)12-19/h3-13H,2,14H2,1H3,(H,30,33)(H,31,34)(H,32,35)/b29-13-. The summed E-state index contributed by atoms with van der Waals surface area (Å²) in [5.41, 5.74) is 3.38. The first kappa shape index (κ1) is 28.0. The number of halogens is 3. The van der Waals surface area contributed by atoms with E-state index in [-0.39, 0.29) is 6.61 Å². The van der Waals surface area contributed by atoms with Crippen LogP contribution in [0, 0.1) is 0 Å². The maximum atomic E-state index is 12.3. The van der Waals surface area contributed by atoms with Crippen molar-refractivity contribution < 1.29 is 23.9 Å². The van der Waals surface area contributed by atoms with Gasteiger partial charge in [0.2, 0.25) is 0 Å². The molecule has 3 rings (SSSR count). The molecular weight excluding hydrogens is 587 g/mol. The molecule has 0 radical (unpaired) electrons. The molecule has 0 unspecified atom stereocenters. The van der Waals surface area contributed by atoms with Gasteiger partial charge in [0.25, 0.3) is 5.91 Å². The summed E-state index contributed by atoms with van der Waals surface area (Å²) in [5, 5.41) is 9.71. The third-order valence-corrected chi connectivity index (χ3v) is 5.42. The number of ether oxygens (including phenoxy) is 2. The average molecular weight is 608 g/mol. The molecule has 3 aromatic carbocycles. The van der Waals surface area contributed by atoms with Gasteiger partial charge in [-0.15, -0.1) is 0 Å². The SMILES string of the molecule is CCOc1ccccc1NC(=O)C(=O)N/N=C\c1cc(Br)ccc1OCC(=O)Nc1cc(Cl)cc(Cl)c1. The molecule has 37 heavy (non-hydrogen) atoms. The van der Waals surface area contributed by atoms with Crippen molar-refractivity contribution in [2.45, 2.75) is 6.92 Å². The minimum absolute atomic E-state index is 0.315. The molecule has 0 aromatic heterocycles. The van der Waals surface area contributed by atoms with Crippen molar-refractivity contribution in [1.29, 1.82) is 0 Å². The lowest BCUT2D eigenvalue weighted by atomic mass is 10.2. The van der Waals surface area contributed by atoms with E-state index in [1.807, 2.05) is 6.92 Å². The number of nitrogens with one attached hydrogen (secondary N) is 3. The van der Waals surface area contributed by atoms with E-state index >= 15 is 0 Å². The topological polar surface area (TPSA) is 118 Å². The number of para-hydroxylation sites is 2. The number of rotatable bonds is 9. The third kappa shape index (κ3) is 8.78. The Labute approximate surface area is 231 Å². The largest absolute Gasteiger partial charge is 0.492 e. The van der Waals surface area contributed by atoms with E-state index in [0.717, 1.165) is 0 Å². The van der Waals surface area contributed by atoms with Crippen molar-refractivity contribution in [1.82, 2.24) is 5.43 Å². The minimum Gasteiger partial charge on any atom is -0.492 e. The van der Waals surface area contributed by atoms with E-state index in [4.69, 9.17) is 32.7 Å². The number of carbonyl (C=O) groups excluding carboxylic acids is 3. The van der Waals surface area contributed by atoms with Crippen LogP contribution in [0.2, 0.25) is 10.0 Å². The van der Waals surface area contributed by atoms with Crippen molar-refractivity contribution in [3.05, 3.63) is 80.7 Å². The average Bonchev–Trinajstić information content (AvgIpc) is 2.84. The molecule has 9 nitrogen and oxygen atoms in total. The molecule has 3 amide bonds. The van der Waals surface area contributed by atoms with Crippen LogP contribution >= 0.6 is 39.1 Å². The second kappa shape index (κ2) is 13.6. The van der Waals surface area contributed by atoms with Crippen LogP contribution in [0.3, 0.4) is 0 Å². The molecule has 0 heterocycles. The van der Waals surface area contributed by atoms with Crippen molar-refractivity contribution in [3.63, 3.8) is 0 Å². The molecule has 12 heteroatoms. The van der Waals surface area contributed by atoms with Gasteiger partial charge in [0.1, 0.15) is 11.5 Å². The highest BCUT2D eigenvalue weighted by molar-refractivity contribution is 9.10. The Kier molecular flexibility index (Phi) is 10.3. The van der Waals surface area contributed by atoms with Crippen molar-refractivity contribution in [3.8, 4) is 11.5 Å². The fraction of sp³-hybridized carbons (Fsp3) is 0.120. The second-order valence-corrected chi connectivity index (χ2v) is 9.05. The van der Waals surface area contributed by atoms with E-state index in [1.165, 1.54) is 6.21 Å². The Morgan fingerprint density at radius 1 is 0.919 bits per heavy atom. The highest BCUT2D eigenvalue weighted by Crippen LogP contribution is 2.25. The van der Waals surface area contributed by atoms with Crippen LogP contribution in [0.15, 0.2) is 70.2 Å². The fourth-order valence-electron chi connectivity index (χ4n) is 2.96. The molecule has 0 spiro atoms. The van der Waals surface area contributed by atoms with Gasteiger partial charge in [0, 0.05) is 25.8 Å². The summed E-state index contributed by atoms with van der Waals surface area (Å²) >= 11 is 15.2. The monoisotopic (exact) mass is 606 g/mol. The second-order valence-electron chi connectivity index (χ2n) is 7.26. The van der Waals surface area contributed by atoms with Crippen LogP contribution < -0.4 is 25.5 Å². The molecule has 0 atom stereocenters. The smallest absolute Gasteiger partial charge is 0.329 e. The number of carbonyl (C=O) groups is 3. The molecule has 192 valence electrons. The number of hydrogen-bond acceptors (Lipinski definition) is 6. The first-order valence-corrected chi connectivity index (χ1v) is 12.3. The third-order valence-electron chi connectivity index (χ3n) is 4.49. The van der Waals surface area contributed by atoms with Gasteiger partial charge in [-0.2, -0.15) is 5.10 Å². The normalized spacial score (nSPS) is 10.6. The molecule has 3 N–H and O–H groups in total. The highest BCUT2D eigenvalue weighted by Gasteiger charge is 2.15. The summed E-state index contributed by atoms with van der Waals surface area (Å²) in [4.78, 5) is 36.8. The molecule has 0 aliphatic rings. The van der Waals surface area contributed by atoms with Crippen LogP contribution in [0.1, 0.15) is 12.5 Å². The summed E-state index contributed by atoms with van der Waals surface area (Å²) in [6.07, 6.45) is 1.29. The quantitative estimate of drug-likeness (QED) is 0.174. The van der Waals surface area contributed by atoms with Crippen molar-refractivity contribution in [2.24, 2.45) is 5.10 Å². The Hall–Kier alpha value is -3.60. The summed E-state index contributed by atoms with van der Waals surface area (Å²) in [6.45, 7) is 1.89. The van der Waals surface area contributed by atoms with Gasteiger partial charge < -0.3 is 20.1 Å². The zero-order chi connectivity index (χ0) is 26.8. The number of benzene rings is 3. The number of anilines is 2. The maximum absolute atomic E-state index is 12.3. The van der Waals surface area contributed by atoms with Gasteiger partial charge in [-0.3, -0.25) is 14.4 Å². The lowest BCUT2D eigenvalue weighted by Crippen LogP contribution is -2.32. The Morgan fingerprint density at radius 3 is 2.38 bits per heavy atom. The number of nitrogens with zero attached hydrogens (tertiary/aromatic N) is 1. The Morgan fingerprint density at radius 2 is 1.65 bits per heavy atom. The summed E-state index contributed by atoms with van der Waals surface area (Å²) < 4.78 is 11.7. The number of hydrogen-bond donors (Lipinski definition) is 3. The predicted octanol–water partition coefficient (Wildman–Crippen LogP) is 5.26. The summed E-state index contributed by atoms with van der Waals surface area (Å²) in [6, 6.07) is 16.4. The van der Waals surface area contributed by atoms with E-state index in [2.05, 4.69) is 37.1 Å². The van der Waals surface area contributed by atoms with Gasteiger partial charge in [-0.1, -0.05) is 51.3 Å². The van der Waals surface area contributed by atoms with E-state index in [9.17, 15) is 14.4 Å². The molecule has 0 aliphatic carbocycles. The molecular formula is C25H21BrCl2N4O5. The molecule has 0 saturated carbocycles. The van der Waals surface area contributed by atoms with Gasteiger partial charge in [0.15, 0.2) is 6.61 Å². The fourth-order valence-corrected chi connectivity index (χ4v) is 3.86. The van der Waals surface area contributed by atoms with Crippen molar-refractivity contribution in [2.75, 3.05) is 23.8 Å². The Bertz CT molecular complexity index is 1320. The molecule has 0 aliphatic heterocycles. The predicted molar refractivity (Wildman–Crippen MR) is 147 cm³/mol. The highest BCUT2D eigenvalue weighted by atomic mass is 79.9. The van der Waals surface area contributed by atoms with E-state index in [1.54, 1.807) is 60.7 Å². The van der Waals surface area contributed by atoms with Gasteiger partial charge in [-0.05, 0) is 55.5 Å². The zero-order valence-corrected chi connectivity index (χ0v) is 22.5. The molecule has 0 bridgehead atoms. The van der Waals surface area contributed by atoms with E-state index < -0.39 is 17.7 Å². The number of hydrazone groups is 1. The van der Waals surface area contributed by atoms with Crippen LogP contribution in [0.5, 0.6) is 11.5 Å². The van der Waals surface area contributed by atoms with Crippen LogP contribution in [0.4, 0.5) is 11.4 Å². The molecule has 0 fully saturated rings. The van der Waals surface area contributed by atoms with Crippen LogP contribution in [0.25, 0.3) is 0 Å². The maximum Gasteiger partial charge on any atom is 0.329 e. The minimum atomic E-state index is -0.987. The van der Waals surface area contributed by atoms with Crippen LogP contribution in [-0.4, -0.2) is 37.1 Å². The molecule has 3 aromatic rings.